The van der Waals surface area contributed by atoms with Crippen LogP contribution in [0.3, 0.4) is 0 Å². The molecule has 0 spiro atoms. The average molecular weight is 316 g/mol. The van der Waals surface area contributed by atoms with Gasteiger partial charge in [0.2, 0.25) is 0 Å². The molecule has 1 atom stereocenters. The molecule has 0 radical (unpaired) electrons. The van der Waals surface area contributed by atoms with Crippen LogP contribution in [-0.4, -0.2) is 47.5 Å². The highest BCUT2D eigenvalue weighted by Crippen LogP contribution is 2.40. The lowest BCUT2D eigenvalue weighted by Crippen LogP contribution is -2.43. The summed E-state index contributed by atoms with van der Waals surface area (Å²) in [4.78, 5) is 17.5. The van der Waals surface area contributed by atoms with Crippen LogP contribution in [0.15, 0.2) is 36.5 Å². The zero-order valence-corrected chi connectivity index (χ0v) is 12.5. The Kier molecular flexibility index (Phi) is 4.03. The first-order valence-corrected chi connectivity index (χ1v) is 7.05. The molecule has 0 saturated carbocycles. The zero-order valence-electron chi connectivity index (χ0n) is 12.5. The molecule has 3 rings (SSSR count). The Bertz CT molecular complexity index is 717. The predicted octanol–water partition coefficient (Wildman–Crippen LogP) is 1.68. The first-order valence-electron chi connectivity index (χ1n) is 7.05. The van der Waals surface area contributed by atoms with Crippen LogP contribution in [-0.2, 0) is 0 Å². The zero-order chi connectivity index (χ0) is 16.4. The van der Waals surface area contributed by atoms with E-state index in [4.69, 9.17) is 9.47 Å². The van der Waals surface area contributed by atoms with Crippen molar-refractivity contribution in [2.24, 2.45) is 0 Å². The number of aromatic carboxylic acids is 1. The lowest BCUT2D eigenvalue weighted by atomic mass is 10.1. The van der Waals surface area contributed by atoms with Crippen molar-refractivity contribution in [1.29, 1.82) is 0 Å². The molecule has 1 aromatic carbocycles. The van der Waals surface area contributed by atoms with Crippen molar-refractivity contribution >= 4 is 17.5 Å². The Balaban J connectivity index is 2.10. The Morgan fingerprint density at radius 1 is 1.43 bits per heavy atom. The summed E-state index contributed by atoms with van der Waals surface area (Å²) >= 11 is 0. The molecule has 2 N–H and O–H groups in total. The summed E-state index contributed by atoms with van der Waals surface area (Å²) in [5.74, 6) is 0.410. The molecule has 0 fully saturated rings. The molecular weight excluding hydrogens is 300 g/mol. The normalized spacial score (nSPS) is 16.4. The molecule has 120 valence electrons. The predicted molar refractivity (Wildman–Crippen MR) is 82.7 cm³/mol. The molecule has 0 saturated heterocycles. The van der Waals surface area contributed by atoms with Gasteiger partial charge < -0.3 is 24.6 Å². The number of hydrogen-bond donors (Lipinski definition) is 2. The van der Waals surface area contributed by atoms with Gasteiger partial charge in [-0.25, -0.2) is 9.78 Å². The highest BCUT2D eigenvalue weighted by Gasteiger charge is 2.32. The van der Waals surface area contributed by atoms with Crippen LogP contribution in [0, 0.1) is 0 Å². The Morgan fingerprint density at radius 2 is 2.26 bits per heavy atom. The average Bonchev–Trinajstić information content (AvgIpc) is 2.60. The molecule has 1 unspecified atom stereocenters. The van der Waals surface area contributed by atoms with Crippen LogP contribution >= 0.6 is 0 Å². The molecule has 23 heavy (non-hydrogen) atoms. The second-order valence-electron chi connectivity index (χ2n) is 5.03. The highest BCUT2D eigenvalue weighted by atomic mass is 16.5. The van der Waals surface area contributed by atoms with Crippen molar-refractivity contribution in [2.75, 3.05) is 25.2 Å². The van der Waals surface area contributed by atoms with Crippen molar-refractivity contribution in [1.82, 2.24) is 4.98 Å². The molecule has 0 aliphatic carbocycles. The molecule has 7 nitrogen and oxygen atoms in total. The maximum absolute atomic E-state index is 11.4. The summed E-state index contributed by atoms with van der Waals surface area (Å²) in [5.41, 5.74) is 0.644. The van der Waals surface area contributed by atoms with E-state index in [1.54, 1.807) is 42.5 Å². The maximum atomic E-state index is 11.4. The third-order valence-corrected chi connectivity index (χ3v) is 3.68. The van der Waals surface area contributed by atoms with Gasteiger partial charge in [0.05, 0.1) is 31.6 Å². The van der Waals surface area contributed by atoms with Crippen molar-refractivity contribution in [3.8, 4) is 11.5 Å². The van der Waals surface area contributed by atoms with Gasteiger partial charge in [-0.2, -0.15) is 0 Å². The Hall–Kier alpha value is -2.80. The Labute approximate surface area is 132 Å². The van der Waals surface area contributed by atoms with Crippen LogP contribution < -0.4 is 14.4 Å². The number of ether oxygens (including phenoxy) is 2. The van der Waals surface area contributed by atoms with Crippen LogP contribution in [0.4, 0.5) is 11.5 Å². The standard InChI is InChI=1S/C16H16N2O5/c1-22-11-5-6-14(17-7-11)18-10(8-19)9-23-15-12(16(20)21)3-2-4-13(15)18/h2-7,10,19H,8-9H2,1H3,(H,20,21). The van der Waals surface area contributed by atoms with E-state index in [2.05, 4.69) is 4.98 Å². The van der Waals surface area contributed by atoms with E-state index in [1.807, 2.05) is 0 Å². The van der Waals surface area contributed by atoms with Crippen molar-refractivity contribution in [3.05, 3.63) is 42.1 Å². The highest BCUT2D eigenvalue weighted by molar-refractivity contribution is 5.94. The number of hydrogen-bond acceptors (Lipinski definition) is 6. The largest absolute Gasteiger partial charge is 0.495 e. The summed E-state index contributed by atoms with van der Waals surface area (Å²) in [6, 6.07) is 8.03. The SMILES string of the molecule is COc1ccc(N2c3cccc(C(=O)O)c3OCC2CO)nc1. The monoisotopic (exact) mass is 316 g/mol. The second kappa shape index (κ2) is 6.13. The lowest BCUT2D eigenvalue weighted by molar-refractivity contribution is 0.0690. The molecule has 0 amide bonds. The number of carbonyl (C=O) groups is 1. The van der Waals surface area contributed by atoms with E-state index < -0.39 is 5.97 Å². The third-order valence-electron chi connectivity index (χ3n) is 3.68. The molecule has 2 aromatic rings. The van der Waals surface area contributed by atoms with Gasteiger partial charge in [-0.1, -0.05) is 6.07 Å². The van der Waals surface area contributed by atoms with Gasteiger partial charge in [0.15, 0.2) is 5.75 Å². The summed E-state index contributed by atoms with van der Waals surface area (Å²) in [6.07, 6.45) is 1.57. The minimum Gasteiger partial charge on any atom is -0.495 e. The number of methoxy groups -OCH3 is 1. The molecule has 2 heterocycles. The number of aliphatic hydroxyl groups is 1. The number of para-hydroxylation sites is 1. The molecule has 0 bridgehead atoms. The third kappa shape index (κ3) is 2.66. The van der Waals surface area contributed by atoms with Crippen LogP contribution in [0.1, 0.15) is 10.4 Å². The maximum Gasteiger partial charge on any atom is 0.339 e. The number of carboxylic acid groups (broad SMARTS) is 1. The number of nitrogens with zero attached hydrogens (tertiary/aromatic N) is 2. The Morgan fingerprint density at radius 3 is 2.87 bits per heavy atom. The van der Waals surface area contributed by atoms with E-state index in [-0.39, 0.29) is 30.6 Å². The summed E-state index contributed by atoms with van der Waals surface area (Å²) in [6.45, 7) is 0.0198. The molecule has 1 aromatic heterocycles. The van der Waals surface area contributed by atoms with E-state index in [1.165, 1.54) is 6.07 Å². The van der Waals surface area contributed by atoms with Gasteiger partial charge in [-0.05, 0) is 24.3 Å². The summed E-state index contributed by atoms with van der Waals surface area (Å²) < 4.78 is 10.7. The first-order chi connectivity index (χ1) is 11.2. The van der Waals surface area contributed by atoms with Gasteiger partial charge in [0.1, 0.15) is 23.7 Å². The molecule has 1 aliphatic heterocycles. The minimum absolute atomic E-state index is 0.0809. The minimum atomic E-state index is -1.06. The van der Waals surface area contributed by atoms with Crippen molar-refractivity contribution < 1.29 is 24.5 Å². The van der Waals surface area contributed by atoms with Crippen LogP contribution in [0.5, 0.6) is 11.5 Å². The van der Waals surface area contributed by atoms with E-state index >= 15 is 0 Å². The number of aliphatic hydroxyl groups excluding tert-OH is 1. The fraction of sp³-hybridized carbons (Fsp3) is 0.250. The summed E-state index contributed by atoms with van der Waals surface area (Å²) in [7, 11) is 1.55. The van der Waals surface area contributed by atoms with Gasteiger partial charge >= 0.3 is 5.97 Å². The van der Waals surface area contributed by atoms with Crippen molar-refractivity contribution in [3.63, 3.8) is 0 Å². The number of anilines is 2. The van der Waals surface area contributed by atoms with E-state index in [0.717, 1.165) is 0 Å². The molecule has 1 aliphatic rings. The first kappa shape index (κ1) is 15.1. The van der Waals surface area contributed by atoms with E-state index in [9.17, 15) is 15.0 Å². The fourth-order valence-corrected chi connectivity index (χ4v) is 2.57. The van der Waals surface area contributed by atoms with Gasteiger partial charge in [-0.3, -0.25) is 0 Å². The number of carboxylic acids is 1. The number of rotatable bonds is 4. The van der Waals surface area contributed by atoms with E-state index in [0.29, 0.717) is 17.3 Å². The van der Waals surface area contributed by atoms with Gasteiger partial charge in [0, 0.05) is 0 Å². The number of benzene rings is 1. The summed E-state index contributed by atoms with van der Waals surface area (Å²) in [5, 5.41) is 18.9. The number of fused-ring (bicyclic) bond motifs is 1. The molecule has 7 heteroatoms. The number of pyridine rings is 1. The van der Waals surface area contributed by atoms with Crippen molar-refractivity contribution in [2.45, 2.75) is 6.04 Å². The molecular formula is C16H16N2O5. The van der Waals surface area contributed by atoms with Gasteiger partial charge in [-0.15, -0.1) is 0 Å². The number of aromatic nitrogens is 1. The smallest absolute Gasteiger partial charge is 0.339 e. The van der Waals surface area contributed by atoms with Crippen LogP contribution in [0.2, 0.25) is 0 Å². The topological polar surface area (TPSA) is 92.1 Å². The quantitative estimate of drug-likeness (QED) is 0.886. The van der Waals surface area contributed by atoms with Gasteiger partial charge in [0.25, 0.3) is 0 Å². The fourth-order valence-electron chi connectivity index (χ4n) is 2.57. The second-order valence-corrected chi connectivity index (χ2v) is 5.03. The lowest BCUT2D eigenvalue weighted by Gasteiger charge is -2.37. The van der Waals surface area contributed by atoms with Crippen LogP contribution in [0.25, 0.3) is 0 Å².